The number of aryl methyl sites for hydroxylation is 1. The van der Waals surface area contributed by atoms with E-state index in [9.17, 15) is 13.6 Å². The number of rotatable bonds is 2. The molecular formula is C18H17F2N3OS. The van der Waals surface area contributed by atoms with Crippen molar-refractivity contribution in [3.63, 3.8) is 0 Å². The highest BCUT2D eigenvalue weighted by Crippen LogP contribution is 2.23. The maximum atomic E-state index is 13.5. The van der Waals surface area contributed by atoms with E-state index in [1.54, 1.807) is 11.3 Å². The highest BCUT2D eigenvalue weighted by Gasteiger charge is 2.21. The molecule has 130 valence electrons. The first kappa shape index (κ1) is 17.4. The normalized spacial score (nSPS) is 14.8. The van der Waals surface area contributed by atoms with E-state index in [1.807, 2.05) is 12.3 Å². The minimum absolute atomic E-state index is 0.00510. The number of nitrogens with zero attached hydrogens (tertiary/aromatic N) is 2. The number of aromatic nitrogens is 1. The second kappa shape index (κ2) is 7.62. The van der Waals surface area contributed by atoms with Gasteiger partial charge in [-0.3, -0.25) is 4.79 Å². The lowest BCUT2D eigenvalue weighted by atomic mass is 10.1. The van der Waals surface area contributed by atoms with Crippen LogP contribution in [0.15, 0.2) is 23.6 Å². The lowest BCUT2D eigenvalue weighted by Gasteiger charge is -2.31. The number of anilines is 1. The predicted octanol–water partition coefficient (Wildman–Crippen LogP) is 2.87. The molecule has 1 fully saturated rings. The number of halogens is 2. The van der Waals surface area contributed by atoms with Crippen LogP contribution in [0.25, 0.3) is 0 Å². The third kappa shape index (κ3) is 4.54. The highest BCUT2D eigenvalue weighted by molar-refractivity contribution is 7.13. The Morgan fingerprint density at radius 1 is 1.36 bits per heavy atom. The van der Waals surface area contributed by atoms with Gasteiger partial charge in [0.05, 0.1) is 11.3 Å². The number of thiazole rings is 1. The van der Waals surface area contributed by atoms with Crippen molar-refractivity contribution >= 4 is 22.4 Å². The van der Waals surface area contributed by atoms with Gasteiger partial charge >= 0.3 is 0 Å². The summed E-state index contributed by atoms with van der Waals surface area (Å²) in [6, 6.07) is 3.12. The van der Waals surface area contributed by atoms with Gasteiger partial charge in [0.15, 0.2) is 5.13 Å². The maximum Gasteiger partial charge on any atom is 0.296 e. The molecule has 1 amide bonds. The molecule has 1 saturated heterocycles. The minimum Gasteiger partial charge on any atom is -0.348 e. The van der Waals surface area contributed by atoms with Crippen molar-refractivity contribution in [1.29, 1.82) is 0 Å². The topological polar surface area (TPSA) is 45.2 Å². The average Bonchev–Trinajstić information content (AvgIpc) is 3.01. The van der Waals surface area contributed by atoms with E-state index < -0.39 is 17.5 Å². The Labute approximate surface area is 148 Å². The zero-order valence-corrected chi connectivity index (χ0v) is 14.5. The maximum absolute atomic E-state index is 13.5. The summed E-state index contributed by atoms with van der Waals surface area (Å²) in [5.41, 5.74) is 1.02. The Morgan fingerprint density at radius 3 is 2.76 bits per heavy atom. The molecule has 4 nitrogen and oxygen atoms in total. The summed E-state index contributed by atoms with van der Waals surface area (Å²) in [6.07, 6.45) is 1.61. The number of hydrogen-bond donors (Lipinski definition) is 1. The largest absolute Gasteiger partial charge is 0.348 e. The second-order valence-electron chi connectivity index (χ2n) is 5.88. The predicted molar refractivity (Wildman–Crippen MR) is 93.5 cm³/mol. The van der Waals surface area contributed by atoms with Crippen molar-refractivity contribution in [2.24, 2.45) is 0 Å². The van der Waals surface area contributed by atoms with Crippen LogP contribution < -0.4 is 10.2 Å². The molecule has 0 aliphatic carbocycles. The van der Waals surface area contributed by atoms with Gasteiger partial charge in [-0.15, -0.1) is 11.3 Å². The van der Waals surface area contributed by atoms with Gasteiger partial charge in [-0.1, -0.05) is 5.92 Å². The molecule has 0 radical (unpaired) electrons. The quantitative estimate of drug-likeness (QED) is 0.837. The molecule has 25 heavy (non-hydrogen) atoms. The summed E-state index contributed by atoms with van der Waals surface area (Å²) in [4.78, 5) is 18.6. The summed E-state index contributed by atoms with van der Waals surface area (Å²) in [5, 5.41) is 5.87. The summed E-state index contributed by atoms with van der Waals surface area (Å²) in [7, 11) is 0. The van der Waals surface area contributed by atoms with Gasteiger partial charge in [0.1, 0.15) is 11.6 Å². The van der Waals surface area contributed by atoms with Crippen LogP contribution in [0.4, 0.5) is 13.9 Å². The smallest absolute Gasteiger partial charge is 0.296 e. The molecule has 1 aliphatic heterocycles. The van der Waals surface area contributed by atoms with Crippen LogP contribution in [0.1, 0.15) is 24.1 Å². The van der Waals surface area contributed by atoms with E-state index >= 15 is 0 Å². The van der Waals surface area contributed by atoms with Gasteiger partial charge in [0, 0.05) is 36.5 Å². The van der Waals surface area contributed by atoms with Crippen molar-refractivity contribution < 1.29 is 13.6 Å². The number of nitrogens with one attached hydrogen (secondary N) is 1. The third-order valence-electron chi connectivity index (χ3n) is 3.95. The van der Waals surface area contributed by atoms with Gasteiger partial charge in [0.2, 0.25) is 0 Å². The number of hydrogen-bond acceptors (Lipinski definition) is 4. The molecule has 1 aromatic heterocycles. The van der Waals surface area contributed by atoms with Crippen molar-refractivity contribution in [1.82, 2.24) is 10.3 Å². The Morgan fingerprint density at radius 2 is 2.12 bits per heavy atom. The van der Waals surface area contributed by atoms with Crippen LogP contribution in [0.5, 0.6) is 0 Å². The first-order valence-electron chi connectivity index (χ1n) is 7.96. The molecule has 7 heteroatoms. The number of benzene rings is 1. The average molecular weight is 361 g/mol. The van der Waals surface area contributed by atoms with Crippen LogP contribution in [0.3, 0.4) is 0 Å². The highest BCUT2D eigenvalue weighted by atomic mass is 32.1. The van der Waals surface area contributed by atoms with Crippen molar-refractivity contribution in [2.75, 3.05) is 18.0 Å². The van der Waals surface area contributed by atoms with Crippen molar-refractivity contribution in [3.8, 4) is 11.8 Å². The van der Waals surface area contributed by atoms with Crippen molar-refractivity contribution in [2.45, 2.75) is 25.8 Å². The summed E-state index contributed by atoms with van der Waals surface area (Å²) in [6.45, 7) is 3.60. The van der Waals surface area contributed by atoms with Crippen LogP contribution in [0, 0.1) is 30.4 Å². The number of carbonyl (C=O) groups excluding carboxylic acids is 1. The Bertz CT molecular complexity index is 832. The summed E-state index contributed by atoms with van der Waals surface area (Å²) >= 11 is 1.62. The summed E-state index contributed by atoms with van der Waals surface area (Å²) in [5.74, 6) is 2.92. The second-order valence-corrected chi connectivity index (χ2v) is 6.72. The van der Waals surface area contributed by atoms with E-state index in [0.717, 1.165) is 48.9 Å². The molecule has 1 aromatic carbocycles. The number of piperidine rings is 1. The van der Waals surface area contributed by atoms with Gasteiger partial charge in [-0.25, -0.2) is 13.8 Å². The standard InChI is InChI=1S/C18H17F2N3OS/c1-12-11-25-18(21-12)23-8-6-15(7-9-23)22-17(24)5-3-13-2-4-14(19)10-16(13)20/h2,4,10-11,15H,6-9H2,1H3,(H,22,24). The lowest BCUT2D eigenvalue weighted by Crippen LogP contribution is -2.44. The van der Waals surface area contributed by atoms with E-state index in [4.69, 9.17) is 0 Å². The number of carbonyl (C=O) groups is 1. The van der Waals surface area contributed by atoms with Crippen LogP contribution in [-0.2, 0) is 4.79 Å². The Balaban J connectivity index is 1.52. The first-order valence-corrected chi connectivity index (χ1v) is 8.84. The van der Waals surface area contributed by atoms with Gasteiger partial charge in [0.25, 0.3) is 5.91 Å². The lowest BCUT2D eigenvalue weighted by molar-refractivity contribution is -0.116. The van der Waals surface area contributed by atoms with Gasteiger partial charge < -0.3 is 10.2 Å². The minimum atomic E-state index is -0.771. The fourth-order valence-electron chi connectivity index (χ4n) is 2.64. The first-order chi connectivity index (χ1) is 12.0. The van der Waals surface area contributed by atoms with Crippen LogP contribution >= 0.6 is 11.3 Å². The molecule has 0 unspecified atom stereocenters. The molecule has 0 atom stereocenters. The van der Waals surface area contributed by atoms with Crippen molar-refractivity contribution in [3.05, 3.63) is 46.5 Å². The fraction of sp³-hybridized carbons (Fsp3) is 0.333. The molecule has 0 spiro atoms. The zero-order chi connectivity index (χ0) is 17.8. The van der Waals surface area contributed by atoms with Crippen LogP contribution in [-0.4, -0.2) is 30.0 Å². The molecule has 3 rings (SSSR count). The molecule has 2 aromatic rings. The molecular weight excluding hydrogens is 344 g/mol. The van der Waals surface area contributed by atoms with Gasteiger partial charge in [-0.2, -0.15) is 0 Å². The molecule has 2 heterocycles. The summed E-state index contributed by atoms with van der Waals surface area (Å²) < 4.78 is 26.3. The van der Waals surface area contributed by atoms with E-state index in [-0.39, 0.29) is 11.6 Å². The zero-order valence-electron chi connectivity index (χ0n) is 13.7. The molecule has 1 aliphatic rings. The monoisotopic (exact) mass is 361 g/mol. The Hall–Kier alpha value is -2.46. The molecule has 1 N–H and O–H groups in total. The van der Waals surface area contributed by atoms with E-state index in [2.05, 4.69) is 27.0 Å². The van der Waals surface area contributed by atoms with E-state index in [1.165, 1.54) is 6.07 Å². The Kier molecular flexibility index (Phi) is 5.29. The van der Waals surface area contributed by atoms with Crippen LogP contribution in [0.2, 0.25) is 0 Å². The molecule has 0 saturated carbocycles. The SMILES string of the molecule is Cc1csc(N2CCC(NC(=O)C#Cc3ccc(F)cc3F)CC2)n1. The number of amides is 1. The van der Waals surface area contributed by atoms with Gasteiger partial charge in [-0.05, 0) is 31.9 Å². The third-order valence-corrected chi connectivity index (χ3v) is 4.97. The van der Waals surface area contributed by atoms with E-state index in [0.29, 0.717) is 0 Å². The fourth-order valence-corrected chi connectivity index (χ4v) is 3.50. The molecule has 0 bridgehead atoms.